The van der Waals surface area contributed by atoms with Crippen LogP contribution in [0.15, 0.2) is 102 Å². The van der Waals surface area contributed by atoms with Gasteiger partial charge < -0.3 is 20.7 Å². The number of ether oxygens (including phenoxy) is 2. The molecule has 0 bridgehead atoms. The van der Waals surface area contributed by atoms with Gasteiger partial charge in [-0.25, -0.2) is 10.8 Å². The minimum absolute atomic E-state index is 0.414. The summed E-state index contributed by atoms with van der Waals surface area (Å²) in [6.45, 7) is 6.86. The molecule has 0 saturated carbocycles. The number of nitrogens with one attached hydrogen (secondary N) is 1. The zero-order valence-electron chi connectivity index (χ0n) is 20.6. The molecule has 0 amide bonds. The molecule has 1 aromatic heterocycles. The van der Waals surface area contributed by atoms with Crippen molar-refractivity contribution in [2.24, 2.45) is 16.8 Å². The van der Waals surface area contributed by atoms with Crippen LogP contribution >= 0.6 is 0 Å². The lowest BCUT2D eigenvalue weighted by Crippen LogP contribution is -2.31. The Morgan fingerprint density at radius 1 is 0.943 bits per heavy atom. The molecule has 1 heterocycles. The van der Waals surface area contributed by atoms with Crippen LogP contribution in [-0.2, 0) is 6.61 Å². The summed E-state index contributed by atoms with van der Waals surface area (Å²) in [5, 5.41) is 4.68. The number of aromatic nitrogens is 1. The Bertz CT molecular complexity index is 1150. The number of hydrogen-bond donors (Lipinski definition) is 3. The van der Waals surface area contributed by atoms with Gasteiger partial charge in [0.2, 0.25) is 0 Å². The molecule has 7 nitrogen and oxygen atoms in total. The maximum absolute atomic E-state index is 5.85. The van der Waals surface area contributed by atoms with E-state index in [0.717, 1.165) is 33.7 Å². The molecule has 2 aromatic carbocycles. The number of pyridine rings is 1. The van der Waals surface area contributed by atoms with Gasteiger partial charge in [0.15, 0.2) is 0 Å². The standard InChI is InChI=1S/C26H29N5O2.C2H6/c1-20(18-26(30-27)31-28)8-4-2-3-7-17-32-23-13-15-24(16-14-23)33-19-22-12-11-21-9-5-6-10-25(21)29-22;1-2/h2-16H,17-19,27-28H2,1H3,(H,30,31);1-2H3/b4-2-,7-3+,20-8+;. The number of nitrogens with two attached hydrogens (primary N) is 2. The minimum Gasteiger partial charge on any atom is -0.490 e. The van der Waals surface area contributed by atoms with Crippen LogP contribution < -0.4 is 26.6 Å². The van der Waals surface area contributed by atoms with Crippen molar-refractivity contribution in [1.29, 1.82) is 0 Å². The number of benzene rings is 2. The van der Waals surface area contributed by atoms with Gasteiger partial charge in [0, 0.05) is 11.8 Å². The fraction of sp³-hybridized carbons (Fsp3) is 0.214. The molecule has 3 aromatic rings. The van der Waals surface area contributed by atoms with E-state index in [4.69, 9.17) is 21.2 Å². The number of nitrogens with zero attached hydrogens (tertiary/aromatic N) is 2. The first-order chi connectivity index (χ1) is 17.2. The molecule has 0 radical (unpaired) electrons. The molecule has 184 valence electrons. The molecule has 0 aliphatic rings. The van der Waals surface area contributed by atoms with E-state index in [-0.39, 0.29) is 0 Å². The fourth-order valence-corrected chi connectivity index (χ4v) is 3.00. The first kappa shape index (κ1) is 27.1. The van der Waals surface area contributed by atoms with Crippen molar-refractivity contribution in [3.8, 4) is 11.5 Å². The summed E-state index contributed by atoms with van der Waals surface area (Å²) in [4.78, 5) is 4.62. The Balaban J connectivity index is 0.00000210. The molecule has 5 N–H and O–H groups in total. The second-order valence-electron chi connectivity index (χ2n) is 7.29. The first-order valence-electron chi connectivity index (χ1n) is 11.6. The molecule has 7 heteroatoms. The number of fused-ring (bicyclic) bond motifs is 1. The third-order valence-electron chi connectivity index (χ3n) is 4.72. The van der Waals surface area contributed by atoms with Crippen LogP contribution in [0.5, 0.6) is 11.5 Å². The van der Waals surface area contributed by atoms with Crippen molar-refractivity contribution in [2.75, 3.05) is 6.61 Å². The smallest absolute Gasteiger partial charge is 0.139 e. The monoisotopic (exact) mass is 473 g/mol. The van der Waals surface area contributed by atoms with Gasteiger partial charge in [-0.3, -0.25) is 0 Å². The van der Waals surface area contributed by atoms with Gasteiger partial charge in [-0.15, -0.1) is 0 Å². The summed E-state index contributed by atoms with van der Waals surface area (Å²) in [6, 6.07) is 19.6. The summed E-state index contributed by atoms with van der Waals surface area (Å²) >= 11 is 0. The number of rotatable bonds is 10. The Hall–Kier alpha value is -4.10. The molecule has 0 aliphatic carbocycles. The van der Waals surface area contributed by atoms with Crippen LogP contribution in [0.25, 0.3) is 10.9 Å². The highest BCUT2D eigenvalue weighted by molar-refractivity contribution is 5.83. The summed E-state index contributed by atoms with van der Waals surface area (Å²) < 4.78 is 11.6. The van der Waals surface area contributed by atoms with Crippen LogP contribution in [0.3, 0.4) is 0 Å². The predicted molar refractivity (Wildman–Crippen MR) is 145 cm³/mol. The number of hydrazine groups is 1. The lowest BCUT2D eigenvalue weighted by atomic mass is 10.2. The minimum atomic E-state index is 0.414. The summed E-state index contributed by atoms with van der Waals surface area (Å²) in [6.07, 6.45) is 10.3. The maximum atomic E-state index is 5.85. The molecule has 0 aliphatic heterocycles. The SMILES string of the molecule is CC.C\C(=C/C=C\C=C\COc1ccc(OCc2ccc3ccccc3n2)cc1)C/C(=N/N)NN. The molecule has 0 saturated heterocycles. The topological polar surface area (TPSA) is 108 Å². The largest absolute Gasteiger partial charge is 0.490 e. The number of amidine groups is 1. The van der Waals surface area contributed by atoms with E-state index in [2.05, 4.69) is 21.6 Å². The Morgan fingerprint density at radius 3 is 2.37 bits per heavy atom. The molecule has 0 spiro atoms. The predicted octanol–water partition coefficient (Wildman–Crippen LogP) is 5.40. The summed E-state index contributed by atoms with van der Waals surface area (Å²) in [5.41, 5.74) is 5.40. The molecule has 35 heavy (non-hydrogen) atoms. The molecule has 0 fully saturated rings. The van der Waals surface area contributed by atoms with Crippen LogP contribution in [0, 0.1) is 0 Å². The van der Waals surface area contributed by atoms with Gasteiger partial charge in [-0.2, -0.15) is 5.10 Å². The van der Waals surface area contributed by atoms with Crippen molar-refractivity contribution in [3.05, 3.63) is 102 Å². The lowest BCUT2D eigenvalue weighted by molar-refractivity contribution is 0.300. The van der Waals surface area contributed by atoms with Gasteiger partial charge in [0.25, 0.3) is 0 Å². The first-order valence-corrected chi connectivity index (χ1v) is 11.6. The number of hydrazone groups is 1. The summed E-state index contributed by atoms with van der Waals surface area (Å²) in [7, 11) is 0. The van der Waals surface area contributed by atoms with Crippen LogP contribution in [0.1, 0.15) is 32.9 Å². The quantitative estimate of drug-likeness (QED) is 0.120. The van der Waals surface area contributed by atoms with E-state index in [1.54, 1.807) is 0 Å². The normalized spacial score (nSPS) is 12.0. The Labute approximate surface area is 207 Å². The zero-order chi connectivity index (χ0) is 25.3. The van der Waals surface area contributed by atoms with E-state index in [1.165, 1.54) is 0 Å². The van der Waals surface area contributed by atoms with Crippen LogP contribution in [0.2, 0.25) is 0 Å². The second-order valence-corrected chi connectivity index (χ2v) is 7.29. The Kier molecular flexibility index (Phi) is 12.2. The van der Waals surface area contributed by atoms with E-state index in [0.29, 0.717) is 25.5 Å². The van der Waals surface area contributed by atoms with Gasteiger partial charge in [-0.1, -0.05) is 68.0 Å². The highest BCUT2D eigenvalue weighted by Gasteiger charge is 2.01. The number of allylic oxidation sites excluding steroid dienone is 4. The van der Waals surface area contributed by atoms with Crippen LogP contribution in [-0.4, -0.2) is 17.4 Å². The van der Waals surface area contributed by atoms with Gasteiger partial charge in [-0.05, 0) is 49.4 Å². The molecule has 0 unspecified atom stereocenters. The van der Waals surface area contributed by atoms with Crippen molar-refractivity contribution in [3.63, 3.8) is 0 Å². The fourth-order valence-electron chi connectivity index (χ4n) is 3.00. The average Bonchev–Trinajstić information content (AvgIpc) is 2.91. The van der Waals surface area contributed by atoms with E-state index >= 15 is 0 Å². The number of para-hydroxylation sites is 1. The zero-order valence-corrected chi connectivity index (χ0v) is 20.6. The van der Waals surface area contributed by atoms with Gasteiger partial charge in [0.05, 0.1) is 11.2 Å². The van der Waals surface area contributed by atoms with Gasteiger partial charge >= 0.3 is 0 Å². The van der Waals surface area contributed by atoms with Crippen molar-refractivity contribution in [2.45, 2.75) is 33.8 Å². The maximum Gasteiger partial charge on any atom is 0.139 e. The third-order valence-corrected chi connectivity index (χ3v) is 4.72. The van der Waals surface area contributed by atoms with Crippen LogP contribution in [0.4, 0.5) is 0 Å². The van der Waals surface area contributed by atoms with Crippen molar-refractivity contribution >= 4 is 16.7 Å². The van der Waals surface area contributed by atoms with Gasteiger partial charge in [0.1, 0.15) is 30.5 Å². The Morgan fingerprint density at radius 2 is 1.66 bits per heavy atom. The second kappa shape index (κ2) is 15.7. The average molecular weight is 474 g/mol. The lowest BCUT2D eigenvalue weighted by Gasteiger charge is -2.08. The van der Waals surface area contributed by atoms with Crippen molar-refractivity contribution in [1.82, 2.24) is 10.4 Å². The highest BCUT2D eigenvalue weighted by Crippen LogP contribution is 2.19. The van der Waals surface area contributed by atoms with E-state index in [1.807, 2.05) is 106 Å². The highest BCUT2D eigenvalue weighted by atomic mass is 16.5. The molecule has 3 rings (SSSR count). The molecular formula is C28H35N5O2. The van der Waals surface area contributed by atoms with E-state index in [9.17, 15) is 0 Å². The third kappa shape index (κ3) is 9.73. The van der Waals surface area contributed by atoms with E-state index < -0.39 is 0 Å². The summed E-state index contributed by atoms with van der Waals surface area (Å²) in [5.74, 6) is 12.6. The molecular weight excluding hydrogens is 438 g/mol. The molecule has 0 atom stereocenters. The van der Waals surface area contributed by atoms with Crippen molar-refractivity contribution < 1.29 is 9.47 Å². The number of hydrogen-bond acceptors (Lipinski definition) is 6.